The second-order valence-electron chi connectivity index (χ2n) is 10.8. The van der Waals surface area contributed by atoms with Crippen molar-refractivity contribution in [1.29, 1.82) is 0 Å². The highest BCUT2D eigenvalue weighted by atomic mass is 19.1. The van der Waals surface area contributed by atoms with Crippen molar-refractivity contribution in [2.24, 2.45) is 11.7 Å². The molecule has 210 valence electrons. The van der Waals surface area contributed by atoms with Crippen LogP contribution in [0.4, 0.5) is 25.2 Å². The third-order valence-electron chi connectivity index (χ3n) is 8.23. The molecule has 1 unspecified atom stereocenters. The summed E-state index contributed by atoms with van der Waals surface area (Å²) in [6, 6.07) is 0. The number of carbonyl (C=O) groups excluding carboxylic acids is 2. The van der Waals surface area contributed by atoms with E-state index in [2.05, 4.69) is 30.5 Å². The number of aromatic nitrogens is 5. The van der Waals surface area contributed by atoms with E-state index in [1.54, 1.807) is 0 Å². The van der Waals surface area contributed by atoms with Crippen LogP contribution in [-0.4, -0.2) is 86.8 Å². The fraction of sp³-hybridized carbons (Fsp3) is 0.520. The Morgan fingerprint density at radius 3 is 2.70 bits per heavy atom. The molecule has 1 spiro atoms. The molecule has 0 saturated carbocycles. The van der Waals surface area contributed by atoms with Gasteiger partial charge in [0.25, 0.3) is 11.8 Å². The third-order valence-corrected chi connectivity index (χ3v) is 8.23. The Morgan fingerprint density at radius 1 is 1.15 bits per heavy atom. The van der Waals surface area contributed by atoms with Gasteiger partial charge in [-0.3, -0.25) is 9.69 Å². The van der Waals surface area contributed by atoms with Gasteiger partial charge in [0.15, 0.2) is 35.4 Å². The summed E-state index contributed by atoms with van der Waals surface area (Å²) in [7, 11) is 0. The molecular formula is C25H27F2N9O4. The van der Waals surface area contributed by atoms with E-state index in [9.17, 15) is 9.59 Å². The van der Waals surface area contributed by atoms with Gasteiger partial charge in [0, 0.05) is 39.0 Å². The number of likely N-dealkylation sites (tertiary alicyclic amines) is 1. The van der Waals surface area contributed by atoms with Crippen LogP contribution in [0.25, 0.3) is 11.0 Å². The fourth-order valence-corrected chi connectivity index (χ4v) is 6.27. The van der Waals surface area contributed by atoms with Gasteiger partial charge in [0.05, 0.1) is 19.3 Å². The topological polar surface area (TPSA) is 154 Å². The average Bonchev–Trinajstić information content (AvgIpc) is 3.65. The Hall–Kier alpha value is -3.98. The summed E-state index contributed by atoms with van der Waals surface area (Å²) in [4.78, 5) is 36.6. The Bertz CT molecular complexity index is 1540. The number of anilines is 2. The van der Waals surface area contributed by atoms with Crippen molar-refractivity contribution in [3.05, 3.63) is 29.0 Å². The lowest BCUT2D eigenvalue weighted by atomic mass is 9.90. The summed E-state index contributed by atoms with van der Waals surface area (Å²) in [5.41, 5.74) is 5.74. The maximum atomic E-state index is 15.4. The van der Waals surface area contributed by atoms with Crippen LogP contribution < -0.4 is 20.7 Å². The number of hydrogen-bond acceptors (Lipinski definition) is 10. The van der Waals surface area contributed by atoms with E-state index in [-0.39, 0.29) is 60.1 Å². The number of nitrogens with zero attached hydrogens (tertiary/aromatic N) is 7. The first-order valence-corrected chi connectivity index (χ1v) is 13.3. The van der Waals surface area contributed by atoms with Crippen LogP contribution >= 0.6 is 0 Å². The minimum absolute atomic E-state index is 0.0450. The van der Waals surface area contributed by atoms with Gasteiger partial charge >= 0.3 is 6.09 Å². The molecule has 2 amide bonds. The quantitative estimate of drug-likeness (QED) is 0.466. The van der Waals surface area contributed by atoms with Crippen LogP contribution in [0.15, 0.2) is 6.20 Å². The van der Waals surface area contributed by atoms with Crippen LogP contribution in [0.3, 0.4) is 0 Å². The molecule has 2 saturated heterocycles. The molecule has 1 aromatic carbocycles. The Balaban J connectivity index is 1.00. The number of carbonyl (C=O) groups is 2. The molecule has 3 aliphatic heterocycles. The van der Waals surface area contributed by atoms with E-state index < -0.39 is 23.3 Å². The van der Waals surface area contributed by atoms with Gasteiger partial charge in [0.1, 0.15) is 11.1 Å². The van der Waals surface area contributed by atoms with Crippen LogP contribution in [0.1, 0.15) is 24.0 Å². The molecule has 4 aliphatic rings. The maximum absolute atomic E-state index is 15.4. The minimum Gasteiger partial charge on any atom is -0.465 e. The lowest BCUT2D eigenvalue weighted by Gasteiger charge is -2.38. The van der Waals surface area contributed by atoms with Crippen molar-refractivity contribution in [3.63, 3.8) is 0 Å². The molecule has 0 bridgehead atoms. The average molecular weight is 556 g/mol. The molecule has 0 radical (unpaired) electrons. The molecule has 2 fully saturated rings. The van der Waals surface area contributed by atoms with Gasteiger partial charge in [-0.05, 0) is 29.9 Å². The third kappa shape index (κ3) is 4.02. The highest BCUT2D eigenvalue weighted by Crippen LogP contribution is 2.39. The fourth-order valence-electron chi connectivity index (χ4n) is 6.27. The largest absolute Gasteiger partial charge is 0.465 e. The van der Waals surface area contributed by atoms with Crippen molar-refractivity contribution >= 4 is 34.7 Å². The van der Waals surface area contributed by atoms with E-state index in [0.29, 0.717) is 63.0 Å². The van der Waals surface area contributed by atoms with Gasteiger partial charge in [-0.1, -0.05) is 5.21 Å². The smallest absolute Gasteiger partial charge is 0.416 e. The summed E-state index contributed by atoms with van der Waals surface area (Å²) in [5, 5.41) is 10.3. The molecular weight excluding hydrogens is 528 g/mol. The zero-order valence-corrected chi connectivity index (χ0v) is 21.5. The number of fused-ring (bicyclic) bond motifs is 3. The number of piperidine rings is 1. The number of ether oxygens (including phenoxy) is 2. The second kappa shape index (κ2) is 9.30. The van der Waals surface area contributed by atoms with E-state index >= 15 is 8.78 Å². The van der Waals surface area contributed by atoms with Crippen molar-refractivity contribution in [3.8, 4) is 5.88 Å². The molecule has 5 heterocycles. The predicted molar refractivity (Wildman–Crippen MR) is 136 cm³/mol. The van der Waals surface area contributed by atoms with Crippen LogP contribution in [0.2, 0.25) is 0 Å². The monoisotopic (exact) mass is 555 g/mol. The Labute approximate surface area is 226 Å². The van der Waals surface area contributed by atoms with Gasteiger partial charge in [-0.15, -0.1) is 5.10 Å². The van der Waals surface area contributed by atoms with E-state index in [0.717, 1.165) is 0 Å². The molecule has 3 aromatic rings. The molecule has 13 nitrogen and oxygen atoms in total. The first-order chi connectivity index (χ1) is 19.3. The number of nitrogens with one attached hydrogen (secondary N) is 1. The molecule has 15 heteroatoms. The Morgan fingerprint density at radius 2 is 1.93 bits per heavy atom. The normalized spacial score (nSPS) is 21.9. The van der Waals surface area contributed by atoms with Crippen molar-refractivity contribution in [2.75, 3.05) is 49.5 Å². The molecule has 1 aliphatic carbocycles. The van der Waals surface area contributed by atoms with Gasteiger partial charge < -0.3 is 25.4 Å². The second-order valence-corrected chi connectivity index (χ2v) is 10.8. The summed E-state index contributed by atoms with van der Waals surface area (Å²) in [6.07, 6.45) is 2.99. The maximum Gasteiger partial charge on any atom is 0.416 e. The molecule has 2 aromatic heterocycles. The zero-order valence-electron chi connectivity index (χ0n) is 21.5. The molecule has 3 N–H and O–H groups in total. The molecule has 1 atom stereocenters. The number of benzene rings is 1. The summed E-state index contributed by atoms with van der Waals surface area (Å²) in [6.45, 7) is 2.71. The van der Waals surface area contributed by atoms with Crippen LogP contribution in [0, 0.1) is 17.6 Å². The molecule has 40 heavy (non-hydrogen) atoms. The SMILES string of the molecule is NCCn1nnc2c(F)c3c(c(F)c21)CC(CN1CCC2(CC1)CN(c1cnc4c(n1)NC(=O)CO4)C(=O)O2)C3. The van der Waals surface area contributed by atoms with E-state index in [4.69, 9.17) is 15.2 Å². The number of nitrogens with two attached hydrogens (primary N) is 1. The van der Waals surface area contributed by atoms with Gasteiger partial charge in [-0.2, -0.15) is 0 Å². The summed E-state index contributed by atoms with van der Waals surface area (Å²) >= 11 is 0. The van der Waals surface area contributed by atoms with Crippen LogP contribution in [0.5, 0.6) is 5.88 Å². The number of amides is 2. The summed E-state index contributed by atoms with van der Waals surface area (Å²) < 4.78 is 43.1. The summed E-state index contributed by atoms with van der Waals surface area (Å²) in [5.74, 6) is -0.591. The van der Waals surface area contributed by atoms with Gasteiger partial charge in [0.2, 0.25) is 0 Å². The van der Waals surface area contributed by atoms with Crippen molar-refractivity contribution in [2.45, 2.75) is 37.8 Å². The van der Waals surface area contributed by atoms with Crippen molar-refractivity contribution < 1.29 is 27.8 Å². The standard InChI is InChI=1S/C25H27F2N9O4/c26-18-14-7-13(8-15(14)19(27)21-20(18)32-33-36(21)6-3-28)10-34-4-1-25(2-5-34)12-35(24(38)40-25)16-9-29-23-22(30-16)31-17(37)11-39-23/h9,13H,1-8,10-12,28H2,(H,30,31,37). The number of halogens is 2. The number of rotatable bonds is 5. The highest BCUT2D eigenvalue weighted by molar-refractivity contribution is 5.94. The zero-order chi connectivity index (χ0) is 27.6. The number of hydrogen-bond donors (Lipinski definition) is 2. The van der Waals surface area contributed by atoms with Gasteiger partial charge in [-0.25, -0.2) is 28.2 Å². The van der Waals surface area contributed by atoms with E-state index in [1.165, 1.54) is 15.8 Å². The highest BCUT2D eigenvalue weighted by Gasteiger charge is 2.48. The first-order valence-electron chi connectivity index (χ1n) is 13.3. The first kappa shape index (κ1) is 25.0. The van der Waals surface area contributed by atoms with Crippen LogP contribution in [-0.2, 0) is 28.9 Å². The molecule has 7 rings (SSSR count). The van der Waals surface area contributed by atoms with E-state index in [1.807, 2.05) is 0 Å². The minimum atomic E-state index is -0.667. The Kier molecular flexibility index (Phi) is 5.82. The van der Waals surface area contributed by atoms with Crippen molar-refractivity contribution in [1.82, 2.24) is 29.9 Å². The predicted octanol–water partition coefficient (Wildman–Crippen LogP) is 0.995. The lowest BCUT2D eigenvalue weighted by molar-refractivity contribution is -0.118. The lowest BCUT2D eigenvalue weighted by Crippen LogP contribution is -2.48.